The van der Waals surface area contributed by atoms with E-state index in [-0.39, 0.29) is 12.5 Å². The number of alkyl halides is 3. The van der Waals surface area contributed by atoms with Crippen LogP contribution >= 0.6 is 0 Å². The van der Waals surface area contributed by atoms with Crippen molar-refractivity contribution < 1.29 is 18.3 Å². The number of rotatable bonds is 2. The summed E-state index contributed by atoms with van der Waals surface area (Å²) in [4.78, 5) is 1.33. The lowest BCUT2D eigenvalue weighted by Crippen LogP contribution is -2.32. The van der Waals surface area contributed by atoms with Gasteiger partial charge in [0.05, 0.1) is 6.54 Å². The lowest BCUT2D eigenvalue weighted by molar-refractivity contribution is -0.143. The minimum atomic E-state index is -4.11. The number of halogens is 3. The Morgan fingerprint density at radius 3 is 2.50 bits per heavy atom. The van der Waals surface area contributed by atoms with Gasteiger partial charge in [0.25, 0.3) is 0 Å². The molecule has 1 heterocycles. The van der Waals surface area contributed by atoms with Gasteiger partial charge in [0.15, 0.2) is 0 Å². The van der Waals surface area contributed by atoms with Gasteiger partial charge in [-0.3, -0.25) is 4.90 Å². The molecule has 0 aromatic heterocycles. The Hall–Kier alpha value is -0.290. The lowest BCUT2D eigenvalue weighted by atomic mass is 10.1. The summed E-state index contributed by atoms with van der Waals surface area (Å²) in [6.45, 7) is -0.0292. The van der Waals surface area contributed by atoms with Gasteiger partial charge in [0.1, 0.15) is 0 Å². The number of aliphatic hydroxyl groups excluding tert-OH is 1. The van der Waals surface area contributed by atoms with E-state index in [4.69, 9.17) is 5.11 Å². The van der Waals surface area contributed by atoms with Crippen LogP contribution in [0.5, 0.6) is 0 Å². The molecule has 5 heteroatoms. The highest BCUT2D eigenvalue weighted by Crippen LogP contribution is 2.22. The molecule has 0 radical (unpaired) electrons. The molecule has 0 bridgehead atoms. The summed E-state index contributed by atoms with van der Waals surface area (Å²) in [5.74, 6) is 0.0346. The number of likely N-dealkylation sites (tertiary alicyclic amines) is 1. The summed E-state index contributed by atoms with van der Waals surface area (Å²) >= 11 is 0. The number of aliphatic hydroxyl groups is 1. The molecular formula is C7H12F3NO. The Balaban J connectivity index is 2.28. The van der Waals surface area contributed by atoms with Crippen LogP contribution in [0.2, 0.25) is 0 Å². The highest BCUT2D eigenvalue weighted by atomic mass is 19.4. The predicted molar refractivity (Wildman–Crippen MR) is 37.7 cm³/mol. The molecule has 1 fully saturated rings. The van der Waals surface area contributed by atoms with Gasteiger partial charge >= 0.3 is 6.18 Å². The molecule has 0 spiro atoms. The van der Waals surface area contributed by atoms with Gasteiger partial charge in [0.2, 0.25) is 0 Å². The molecule has 2 nitrogen and oxygen atoms in total. The highest BCUT2D eigenvalue weighted by molar-refractivity contribution is 4.76. The largest absolute Gasteiger partial charge is 0.401 e. The van der Waals surface area contributed by atoms with E-state index >= 15 is 0 Å². The first-order chi connectivity index (χ1) is 5.51. The van der Waals surface area contributed by atoms with Crippen molar-refractivity contribution in [3.05, 3.63) is 0 Å². The predicted octanol–water partition coefficient (Wildman–Crippen LogP) is 0.863. The molecule has 0 aliphatic carbocycles. The molecular weight excluding hydrogens is 171 g/mol. The Morgan fingerprint density at radius 2 is 2.08 bits per heavy atom. The molecule has 1 atom stereocenters. The van der Waals surface area contributed by atoms with Crippen LogP contribution in [0.4, 0.5) is 13.2 Å². The zero-order valence-electron chi connectivity index (χ0n) is 6.64. The second-order valence-electron chi connectivity index (χ2n) is 3.19. The third-order valence-corrected chi connectivity index (χ3v) is 2.03. The normalized spacial score (nSPS) is 26.5. The molecule has 0 aromatic carbocycles. The van der Waals surface area contributed by atoms with E-state index in [2.05, 4.69) is 0 Å². The van der Waals surface area contributed by atoms with Crippen molar-refractivity contribution in [3.8, 4) is 0 Å². The van der Waals surface area contributed by atoms with Crippen molar-refractivity contribution in [2.75, 3.05) is 26.2 Å². The molecule has 12 heavy (non-hydrogen) atoms. The molecule has 72 valence electrons. The monoisotopic (exact) mass is 183 g/mol. The maximum Gasteiger partial charge on any atom is 0.401 e. The average molecular weight is 183 g/mol. The first-order valence-corrected chi connectivity index (χ1v) is 3.91. The van der Waals surface area contributed by atoms with Crippen molar-refractivity contribution in [3.63, 3.8) is 0 Å². The fourth-order valence-electron chi connectivity index (χ4n) is 1.46. The first kappa shape index (κ1) is 9.80. The van der Waals surface area contributed by atoms with Crippen LogP contribution in [-0.4, -0.2) is 42.4 Å². The number of hydrogen-bond donors (Lipinski definition) is 1. The van der Waals surface area contributed by atoms with E-state index in [0.717, 1.165) is 0 Å². The van der Waals surface area contributed by atoms with Gasteiger partial charge in [-0.2, -0.15) is 13.2 Å². The second-order valence-corrected chi connectivity index (χ2v) is 3.19. The van der Waals surface area contributed by atoms with Crippen molar-refractivity contribution in [2.45, 2.75) is 12.6 Å². The van der Waals surface area contributed by atoms with Crippen LogP contribution in [-0.2, 0) is 0 Å². The zero-order chi connectivity index (χ0) is 9.19. The quantitative estimate of drug-likeness (QED) is 0.686. The van der Waals surface area contributed by atoms with Crippen LogP contribution in [0.25, 0.3) is 0 Å². The van der Waals surface area contributed by atoms with Gasteiger partial charge in [-0.15, -0.1) is 0 Å². The summed E-state index contributed by atoms with van der Waals surface area (Å²) < 4.78 is 35.5. The Kier molecular flexibility index (Phi) is 2.95. The molecule has 1 N–H and O–H groups in total. The van der Waals surface area contributed by atoms with E-state index in [1.807, 2.05) is 0 Å². The molecule has 1 unspecified atom stereocenters. The van der Waals surface area contributed by atoms with Crippen LogP contribution in [0.1, 0.15) is 6.42 Å². The summed E-state index contributed by atoms with van der Waals surface area (Å²) in [5, 5.41) is 8.67. The fraction of sp³-hybridized carbons (Fsp3) is 1.00. The van der Waals surface area contributed by atoms with Gasteiger partial charge in [-0.05, 0) is 18.9 Å². The summed E-state index contributed by atoms with van der Waals surface area (Å²) in [6.07, 6.45) is -3.43. The minimum Gasteiger partial charge on any atom is -0.396 e. The maximum atomic E-state index is 11.8. The minimum absolute atomic E-state index is 0.00560. The van der Waals surface area contributed by atoms with Crippen molar-refractivity contribution in [1.82, 2.24) is 4.90 Å². The van der Waals surface area contributed by atoms with Gasteiger partial charge < -0.3 is 5.11 Å². The Morgan fingerprint density at radius 1 is 1.42 bits per heavy atom. The Labute approximate surface area is 69.0 Å². The molecule has 1 rings (SSSR count). The van der Waals surface area contributed by atoms with Gasteiger partial charge in [-0.25, -0.2) is 0 Å². The first-order valence-electron chi connectivity index (χ1n) is 3.91. The SMILES string of the molecule is OCC1CCN(CC(F)(F)F)C1. The summed E-state index contributed by atoms with van der Waals surface area (Å²) in [5.41, 5.74) is 0. The van der Waals surface area contributed by atoms with Crippen molar-refractivity contribution >= 4 is 0 Å². The smallest absolute Gasteiger partial charge is 0.396 e. The molecule has 0 aromatic rings. The van der Waals surface area contributed by atoms with E-state index in [1.165, 1.54) is 4.90 Å². The van der Waals surface area contributed by atoms with Gasteiger partial charge in [-0.1, -0.05) is 0 Å². The molecule has 1 aliphatic heterocycles. The summed E-state index contributed by atoms with van der Waals surface area (Å²) in [7, 11) is 0. The molecule has 0 amide bonds. The lowest BCUT2D eigenvalue weighted by Gasteiger charge is -2.17. The topological polar surface area (TPSA) is 23.5 Å². The van der Waals surface area contributed by atoms with E-state index in [9.17, 15) is 13.2 Å². The van der Waals surface area contributed by atoms with Crippen LogP contribution in [0, 0.1) is 5.92 Å². The Bertz CT molecular complexity index is 148. The maximum absolute atomic E-state index is 11.8. The van der Waals surface area contributed by atoms with Crippen LogP contribution < -0.4 is 0 Å². The highest BCUT2D eigenvalue weighted by Gasteiger charge is 2.33. The van der Waals surface area contributed by atoms with Crippen LogP contribution in [0.3, 0.4) is 0 Å². The van der Waals surface area contributed by atoms with Crippen molar-refractivity contribution in [2.24, 2.45) is 5.92 Å². The zero-order valence-corrected chi connectivity index (χ0v) is 6.64. The van der Waals surface area contributed by atoms with Crippen LogP contribution in [0.15, 0.2) is 0 Å². The van der Waals surface area contributed by atoms with Gasteiger partial charge in [0, 0.05) is 13.2 Å². The number of hydrogen-bond acceptors (Lipinski definition) is 2. The van der Waals surface area contributed by atoms with Crippen molar-refractivity contribution in [1.29, 1.82) is 0 Å². The standard InChI is InChI=1S/C7H12F3NO/c8-7(9,10)5-11-2-1-6(3-11)4-12/h6,12H,1-5H2. The fourth-order valence-corrected chi connectivity index (χ4v) is 1.46. The van der Waals surface area contributed by atoms with E-state index < -0.39 is 12.7 Å². The third kappa shape index (κ3) is 2.98. The second kappa shape index (κ2) is 3.62. The van der Waals surface area contributed by atoms with E-state index in [0.29, 0.717) is 19.5 Å². The third-order valence-electron chi connectivity index (χ3n) is 2.03. The molecule has 1 aliphatic rings. The van der Waals surface area contributed by atoms with E-state index in [1.54, 1.807) is 0 Å². The average Bonchev–Trinajstić information content (AvgIpc) is 2.32. The molecule has 0 saturated carbocycles. The molecule has 1 saturated heterocycles. The summed E-state index contributed by atoms with van der Waals surface area (Å²) in [6, 6.07) is 0. The number of nitrogens with zero attached hydrogens (tertiary/aromatic N) is 1.